The molecule has 0 spiro atoms. The highest BCUT2D eigenvalue weighted by atomic mass is 32.2. The van der Waals surface area contributed by atoms with Gasteiger partial charge in [-0.3, -0.25) is 9.79 Å². The summed E-state index contributed by atoms with van der Waals surface area (Å²) >= 11 is 1.48. The summed E-state index contributed by atoms with van der Waals surface area (Å²) in [5.41, 5.74) is 3.32. The summed E-state index contributed by atoms with van der Waals surface area (Å²) < 4.78 is 0. The number of aliphatic imine (C=N–C) groups is 1. The summed E-state index contributed by atoms with van der Waals surface area (Å²) in [5.74, 6) is 0.397. The molecule has 30 heavy (non-hydrogen) atoms. The molecule has 1 fully saturated rings. The van der Waals surface area contributed by atoms with E-state index in [9.17, 15) is 4.79 Å². The highest BCUT2D eigenvalue weighted by Gasteiger charge is 2.10. The van der Waals surface area contributed by atoms with Gasteiger partial charge in [0.2, 0.25) is 5.91 Å². The third-order valence-electron chi connectivity index (χ3n) is 4.90. The zero-order valence-corrected chi connectivity index (χ0v) is 19.0. The van der Waals surface area contributed by atoms with Gasteiger partial charge >= 0.3 is 0 Å². The van der Waals surface area contributed by atoms with Gasteiger partial charge in [-0.15, -0.1) is 11.8 Å². The molecule has 0 bridgehead atoms. The van der Waals surface area contributed by atoms with Gasteiger partial charge in [-0.05, 0) is 50.9 Å². The standard InChI is InChI=1S/C13H16N2OS.C12H17N/c1-4-10-7-6-8-11(13(10)15-5-2)17-9-12(16)14-3;1-2-6-12(7-3-1)8-11-13-9-4-5-10-13/h4-8H,1,9H2,2-3H3,(H,14,16);1-3,6-7H,4-5,8-11H2. The van der Waals surface area contributed by atoms with Crippen LogP contribution in [0.5, 0.6) is 0 Å². The van der Waals surface area contributed by atoms with Crippen molar-refractivity contribution in [3.8, 4) is 0 Å². The molecule has 1 aliphatic rings. The van der Waals surface area contributed by atoms with Gasteiger partial charge in [0.15, 0.2) is 0 Å². The number of para-hydroxylation sites is 1. The van der Waals surface area contributed by atoms with Crippen LogP contribution in [0.25, 0.3) is 6.08 Å². The van der Waals surface area contributed by atoms with Crippen molar-refractivity contribution in [3.05, 3.63) is 66.2 Å². The molecule has 1 aliphatic heterocycles. The van der Waals surface area contributed by atoms with Gasteiger partial charge in [0.25, 0.3) is 0 Å². The van der Waals surface area contributed by atoms with Crippen LogP contribution in [-0.2, 0) is 11.2 Å². The van der Waals surface area contributed by atoms with Crippen molar-refractivity contribution in [1.29, 1.82) is 0 Å². The van der Waals surface area contributed by atoms with E-state index >= 15 is 0 Å². The number of likely N-dealkylation sites (tertiary alicyclic amines) is 1. The average Bonchev–Trinajstić information content (AvgIpc) is 3.31. The normalized spacial score (nSPS) is 13.7. The smallest absolute Gasteiger partial charge is 0.230 e. The SMILES string of the molecule is C=Cc1cccc(SCC(=O)NC)c1N=CC.c1ccc(CCN2CCCC2)cc1. The van der Waals surface area contributed by atoms with Crippen molar-refractivity contribution in [2.75, 3.05) is 32.4 Å². The number of hydrogen-bond acceptors (Lipinski definition) is 4. The minimum absolute atomic E-state index is 0.00503. The first kappa shape index (κ1) is 23.9. The largest absolute Gasteiger partial charge is 0.358 e. The fraction of sp³-hybridized carbons (Fsp3) is 0.360. The summed E-state index contributed by atoms with van der Waals surface area (Å²) in [7, 11) is 1.63. The van der Waals surface area contributed by atoms with E-state index < -0.39 is 0 Å². The van der Waals surface area contributed by atoms with Crippen LogP contribution >= 0.6 is 11.8 Å². The lowest BCUT2D eigenvalue weighted by atomic mass is 10.1. The minimum atomic E-state index is 0.00503. The zero-order chi connectivity index (χ0) is 21.6. The van der Waals surface area contributed by atoms with Gasteiger partial charge in [-0.2, -0.15) is 0 Å². The Bertz CT molecular complexity index is 814. The van der Waals surface area contributed by atoms with Crippen LogP contribution in [0.4, 0.5) is 5.69 Å². The summed E-state index contributed by atoms with van der Waals surface area (Å²) in [4.78, 5) is 19.1. The number of amides is 1. The Hall–Kier alpha value is -2.37. The topological polar surface area (TPSA) is 44.7 Å². The van der Waals surface area contributed by atoms with Crippen LogP contribution < -0.4 is 5.32 Å². The number of nitrogens with zero attached hydrogens (tertiary/aromatic N) is 2. The highest BCUT2D eigenvalue weighted by molar-refractivity contribution is 8.00. The van der Waals surface area contributed by atoms with Crippen LogP contribution in [0.3, 0.4) is 0 Å². The number of nitrogens with one attached hydrogen (secondary N) is 1. The van der Waals surface area contributed by atoms with Crippen LogP contribution in [-0.4, -0.2) is 49.5 Å². The Morgan fingerprint density at radius 3 is 2.53 bits per heavy atom. The Balaban J connectivity index is 0.000000220. The van der Waals surface area contributed by atoms with E-state index in [-0.39, 0.29) is 5.91 Å². The fourth-order valence-electron chi connectivity index (χ4n) is 3.24. The predicted octanol–water partition coefficient (Wildman–Crippen LogP) is 5.21. The van der Waals surface area contributed by atoms with Crippen molar-refractivity contribution in [2.45, 2.75) is 31.1 Å². The van der Waals surface area contributed by atoms with Crippen molar-refractivity contribution in [3.63, 3.8) is 0 Å². The maximum Gasteiger partial charge on any atom is 0.230 e. The first-order chi connectivity index (χ1) is 14.7. The monoisotopic (exact) mass is 423 g/mol. The number of hydrogen-bond donors (Lipinski definition) is 1. The van der Waals surface area contributed by atoms with Gasteiger partial charge in [-0.1, -0.05) is 55.1 Å². The third-order valence-corrected chi connectivity index (χ3v) is 5.95. The molecule has 1 amide bonds. The lowest BCUT2D eigenvalue weighted by Crippen LogP contribution is -2.21. The molecule has 0 aromatic heterocycles. The second kappa shape index (κ2) is 13.8. The Kier molecular flexibility index (Phi) is 11.0. The van der Waals surface area contributed by atoms with E-state index in [2.05, 4.69) is 52.1 Å². The summed E-state index contributed by atoms with van der Waals surface area (Å²) in [6, 6.07) is 16.6. The average molecular weight is 424 g/mol. The molecule has 1 heterocycles. The van der Waals surface area contributed by atoms with Gasteiger partial charge in [-0.25, -0.2) is 0 Å². The Labute approximate surface area is 185 Å². The summed E-state index contributed by atoms with van der Waals surface area (Å²) in [5, 5.41) is 2.60. The van der Waals surface area contributed by atoms with E-state index in [0.29, 0.717) is 5.75 Å². The molecule has 160 valence electrons. The molecule has 3 rings (SSSR count). The van der Waals surface area contributed by atoms with E-state index in [1.54, 1.807) is 19.3 Å². The molecule has 0 aliphatic carbocycles. The van der Waals surface area contributed by atoms with Gasteiger partial charge in [0.05, 0.1) is 11.4 Å². The molecule has 0 radical (unpaired) electrons. The molecule has 2 aromatic carbocycles. The fourth-order valence-corrected chi connectivity index (χ4v) is 4.15. The molecule has 0 unspecified atom stereocenters. The molecule has 1 N–H and O–H groups in total. The molecular weight excluding hydrogens is 390 g/mol. The first-order valence-corrected chi connectivity index (χ1v) is 11.5. The maximum atomic E-state index is 11.2. The van der Waals surface area contributed by atoms with Crippen molar-refractivity contribution < 1.29 is 4.79 Å². The predicted molar refractivity (Wildman–Crippen MR) is 131 cm³/mol. The summed E-state index contributed by atoms with van der Waals surface area (Å²) in [6.07, 6.45) is 7.52. The molecular formula is C25H33N3OS. The number of rotatable bonds is 8. The molecule has 1 saturated heterocycles. The second-order valence-corrected chi connectivity index (χ2v) is 8.05. The van der Waals surface area contributed by atoms with Gasteiger partial charge in [0, 0.05) is 30.3 Å². The van der Waals surface area contributed by atoms with Crippen LogP contribution in [0.15, 0.2) is 65.0 Å². The zero-order valence-electron chi connectivity index (χ0n) is 18.1. The molecule has 4 nitrogen and oxygen atoms in total. The highest BCUT2D eigenvalue weighted by Crippen LogP contribution is 2.33. The minimum Gasteiger partial charge on any atom is -0.358 e. The molecule has 5 heteroatoms. The van der Waals surface area contributed by atoms with Gasteiger partial charge < -0.3 is 10.2 Å². The lowest BCUT2D eigenvalue weighted by Gasteiger charge is -2.13. The quantitative estimate of drug-likeness (QED) is 0.468. The van der Waals surface area contributed by atoms with Crippen LogP contribution in [0.1, 0.15) is 30.9 Å². The van der Waals surface area contributed by atoms with E-state index in [4.69, 9.17) is 0 Å². The Morgan fingerprint density at radius 1 is 1.17 bits per heavy atom. The number of benzene rings is 2. The maximum absolute atomic E-state index is 11.2. The molecule has 0 atom stereocenters. The van der Waals surface area contributed by atoms with E-state index in [1.165, 1.54) is 56.2 Å². The first-order valence-electron chi connectivity index (χ1n) is 10.5. The van der Waals surface area contributed by atoms with Crippen molar-refractivity contribution >= 4 is 35.6 Å². The summed E-state index contributed by atoms with van der Waals surface area (Å²) in [6.45, 7) is 9.50. The van der Waals surface area contributed by atoms with Crippen molar-refractivity contribution in [2.24, 2.45) is 4.99 Å². The Morgan fingerprint density at radius 2 is 1.90 bits per heavy atom. The number of thioether (sulfide) groups is 1. The van der Waals surface area contributed by atoms with Crippen LogP contribution in [0.2, 0.25) is 0 Å². The van der Waals surface area contributed by atoms with Gasteiger partial charge in [0.1, 0.15) is 0 Å². The second-order valence-electron chi connectivity index (χ2n) is 7.03. The van der Waals surface area contributed by atoms with E-state index in [1.807, 2.05) is 25.1 Å². The number of carbonyl (C=O) groups excluding carboxylic acids is 1. The third kappa shape index (κ3) is 8.17. The van der Waals surface area contributed by atoms with E-state index in [0.717, 1.165) is 16.1 Å². The molecule has 2 aromatic rings. The van der Waals surface area contributed by atoms with Crippen LogP contribution in [0, 0.1) is 0 Å². The van der Waals surface area contributed by atoms with Crippen molar-refractivity contribution in [1.82, 2.24) is 10.2 Å². The molecule has 0 saturated carbocycles. The lowest BCUT2D eigenvalue weighted by molar-refractivity contribution is -0.118. The number of carbonyl (C=O) groups is 1.